The Morgan fingerprint density at radius 2 is 2.06 bits per heavy atom. The molecule has 0 bridgehead atoms. The van der Waals surface area contributed by atoms with Gasteiger partial charge in [-0.05, 0) is 27.2 Å². The van der Waals surface area contributed by atoms with E-state index in [0.29, 0.717) is 6.04 Å². The molecule has 17 heavy (non-hydrogen) atoms. The monoisotopic (exact) mass is 237 g/mol. The Bertz CT molecular complexity index is 337. The predicted molar refractivity (Wildman–Crippen MR) is 72.3 cm³/mol. The molecule has 0 saturated carbocycles. The molecule has 0 amide bonds. The van der Waals surface area contributed by atoms with E-state index in [1.807, 2.05) is 20.0 Å². The van der Waals surface area contributed by atoms with Gasteiger partial charge in [0.05, 0.1) is 0 Å². The van der Waals surface area contributed by atoms with Gasteiger partial charge in [0.25, 0.3) is 0 Å². The van der Waals surface area contributed by atoms with Crippen LogP contribution in [0.4, 0.5) is 11.6 Å². The zero-order chi connectivity index (χ0) is 12.8. The van der Waals surface area contributed by atoms with E-state index in [9.17, 15) is 0 Å². The third kappa shape index (κ3) is 4.56. The maximum absolute atomic E-state index is 5.69. The summed E-state index contributed by atoms with van der Waals surface area (Å²) >= 11 is 0. The molecule has 1 aromatic rings. The molecule has 1 unspecified atom stereocenters. The van der Waals surface area contributed by atoms with Crippen LogP contribution in [0.15, 0.2) is 12.4 Å². The second-order valence-electron chi connectivity index (χ2n) is 4.66. The number of nitrogens with zero attached hydrogens (tertiary/aromatic N) is 3. The molecule has 1 rings (SSSR count). The molecule has 0 aromatic carbocycles. The fourth-order valence-electron chi connectivity index (χ4n) is 1.33. The van der Waals surface area contributed by atoms with Crippen LogP contribution in [-0.2, 0) is 0 Å². The second kappa shape index (κ2) is 6.39. The third-order valence-corrected chi connectivity index (χ3v) is 2.69. The first kappa shape index (κ1) is 13.7. The maximum atomic E-state index is 5.69. The van der Waals surface area contributed by atoms with E-state index < -0.39 is 0 Å². The lowest BCUT2D eigenvalue weighted by Gasteiger charge is -2.22. The predicted octanol–water partition coefficient (Wildman–Crippen LogP) is 1.47. The lowest BCUT2D eigenvalue weighted by Crippen LogP contribution is -2.26. The molecule has 1 atom stereocenters. The summed E-state index contributed by atoms with van der Waals surface area (Å²) in [6, 6.07) is 2.59. The number of hydrogen-bond donors (Lipinski definition) is 2. The SMILES string of the molecule is CC(N)CCNc1cc(N(C)C(C)C)ncn1. The molecule has 1 aromatic heterocycles. The zero-order valence-electron chi connectivity index (χ0n) is 11.1. The Morgan fingerprint density at radius 1 is 1.35 bits per heavy atom. The van der Waals surface area contributed by atoms with Gasteiger partial charge in [0.1, 0.15) is 18.0 Å². The zero-order valence-corrected chi connectivity index (χ0v) is 11.1. The first-order valence-corrected chi connectivity index (χ1v) is 6.05. The van der Waals surface area contributed by atoms with E-state index in [-0.39, 0.29) is 6.04 Å². The van der Waals surface area contributed by atoms with Gasteiger partial charge in [-0.1, -0.05) is 0 Å². The summed E-state index contributed by atoms with van der Waals surface area (Å²) in [7, 11) is 2.03. The Hall–Kier alpha value is -1.36. The molecule has 0 saturated heterocycles. The van der Waals surface area contributed by atoms with Crippen molar-refractivity contribution in [1.29, 1.82) is 0 Å². The van der Waals surface area contributed by atoms with Crippen molar-refractivity contribution in [3.8, 4) is 0 Å². The summed E-state index contributed by atoms with van der Waals surface area (Å²) in [5.41, 5.74) is 5.69. The van der Waals surface area contributed by atoms with Crippen LogP contribution in [0.2, 0.25) is 0 Å². The van der Waals surface area contributed by atoms with E-state index in [0.717, 1.165) is 24.6 Å². The summed E-state index contributed by atoms with van der Waals surface area (Å²) in [4.78, 5) is 10.6. The topological polar surface area (TPSA) is 67.1 Å². The Morgan fingerprint density at radius 3 is 2.65 bits per heavy atom. The van der Waals surface area contributed by atoms with Crippen molar-refractivity contribution in [3.63, 3.8) is 0 Å². The van der Waals surface area contributed by atoms with E-state index >= 15 is 0 Å². The van der Waals surface area contributed by atoms with Crippen LogP contribution < -0.4 is 16.0 Å². The highest BCUT2D eigenvalue weighted by Gasteiger charge is 2.07. The van der Waals surface area contributed by atoms with Crippen LogP contribution >= 0.6 is 0 Å². The second-order valence-corrected chi connectivity index (χ2v) is 4.66. The fraction of sp³-hybridized carbons (Fsp3) is 0.667. The molecule has 0 aliphatic carbocycles. The average molecular weight is 237 g/mol. The lowest BCUT2D eigenvalue weighted by molar-refractivity contribution is 0.689. The maximum Gasteiger partial charge on any atom is 0.134 e. The van der Waals surface area contributed by atoms with Gasteiger partial charge in [0, 0.05) is 31.7 Å². The van der Waals surface area contributed by atoms with Gasteiger partial charge in [-0.3, -0.25) is 0 Å². The van der Waals surface area contributed by atoms with Crippen molar-refractivity contribution in [2.45, 2.75) is 39.3 Å². The van der Waals surface area contributed by atoms with E-state index in [4.69, 9.17) is 5.73 Å². The molecule has 3 N–H and O–H groups in total. The summed E-state index contributed by atoms with van der Waals surface area (Å²) in [6.45, 7) is 7.09. The van der Waals surface area contributed by atoms with Crippen molar-refractivity contribution in [3.05, 3.63) is 12.4 Å². The molecule has 5 heteroatoms. The lowest BCUT2D eigenvalue weighted by atomic mass is 10.2. The number of nitrogens with one attached hydrogen (secondary N) is 1. The summed E-state index contributed by atoms with van der Waals surface area (Å²) in [5.74, 6) is 1.78. The van der Waals surface area contributed by atoms with E-state index in [1.54, 1.807) is 6.33 Å². The number of nitrogens with two attached hydrogens (primary N) is 1. The number of hydrogen-bond acceptors (Lipinski definition) is 5. The van der Waals surface area contributed by atoms with Gasteiger partial charge in [-0.15, -0.1) is 0 Å². The summed E-state index contributed by atoms with van der Waals surface area (Å²) in [6.07, 6.45) is 2.52. The van der Waals surface area contributed by atoms with Crippen LogP contribution in [0.3, 0.4) is 0 Å². The molecule has 0 aliphatic heterocycles. The van der Waals surface area contributed by atoms with Crippen molar-refractivity contribution >= 4 is 11.6 Å². The first-order chi connectivity index (χ1) is 8.00. The first-order valence-electron chi connectivity index (χ1n) is 6.05. The third-order valence-electron chi connectivity index (χ3n) is 2.69. The molecule has 5 nitrogen and oxygen atoms in total. The van der Waals surface area contributed by atoms with E-state index in [1.165, 1.54) is 0 Å². The molecule has 0 aliphatic rings. The van der Waals surface area contributed by atoms with Gasteiger partial charge in [0.15, 0.2) is 0 Å². The number of aromatic nitrogens is 2. The van der Waals surface area contributed by atoms with Crippen LogP contribution in [0.5, 0.6) is 0 Å². The molecule has 0 radical (unpaired) electrons. The fourth-order valence-corrected chi connectivity index (χ4v) is 1.33. The van der Waals surface area contributed by atoms with Gasteiger partial charge in [-0.2, -0.15) is 0 Å². The minimum atomic E-state index is 0.210. The minimum absolute atomic E-state index is 0.210. The Kier molecular flexibility index (Phi) is 5.15. The van der Waals surface area contributed by atoms with Crippen LogP contribution in [-0.4, -0.2) is 35.6 Å². The molecule has 96 valence electrons. The largest absolute Gasteiger partial charge is 0.370 e. The van der Waals surface area contributed by atoms with Crippen LogP contribution in [0.25, 0.3) is 0 Å². The molecular weight excluding hydrogens is 214 g/mol. The normalized spacial score (nSPS) is 12.6. The smallest absolute Gasteiger partial charge is 0.134 e. The summed E-state index contributed by atoms with van der Waals surface area (Å²) < 4.78 is 0. The highest BCUT2D eigenvalue weighted by atomic mass is 15.2. The van der Waals surface area contributed by atoms with Gasteiger partial charge < -0.3 is 16.0 Å². The molecule has 1 heterocycles. The van der Waals surface area contributed by atoms with E-state index in [2.05, 4.69) is 34.0 Å². The molecule has 0 fully saturated rings. The van der Waals surface area contributed by atoms with Gasteiger partial charge in [0.2, 0.25) is 0 Å². The number of rotatable bonds is 6. The van der Waals surface area contributed by atoms with Crippen molar-refractivity contribution < 1.29 is 0 Å². The summed E-state index contributed by atoms with van der Waals surface area (Å²) in [5, 5.41) is 3.25. The van der Waals surface area contributed by atoms with Gasteiger partial charge >= 0.3 is 0 Å². The molecular formula is C12H23N5. The average Bonchev–Trinajstić information content (AvgIpc) is 2.28. The minimum Gasteiger partial charge on any atom is -0.370 e. The quantitative estimate of drug-likeness (QED) is 0.784. The van der Waals surface area contributed by atoms with Crippen molar-refractivity contribution in [2.24, 2.45) is 5.73 Å². The number of anilines is 2. The Balaban J connectivity index is 2.59. The molecule has 0 spiro atoms. The van der Waals surface area contributed by atoms with Crippen molar-refractivity contribution in [1.82, 2.24) is 9.97 Å². The van der Waals surface area contributed by atoms with Gasteiger partial charge in [-0.25, -0.2) is 9.97 Å². The highest BCUT2D eigenvalue weighted by Crippen LogP contribution is 2.14. The van der Waals surface area contributed by atoms with Crippen LogP contribution in [0, 0.1) is 0 Å². The standard InChI is InChI=1S/C12H23N5/c1-9(2)17(4)12-7-11(15-8-16-12)14-6-5-10(3)13/h7-10H,5-6,13H2,1-4H3,(H,14,15,16). The Labute approximate surface area is 103 Å². The van der Waals surface area contributed by atoms with Crippen LogP contribution in [0.1, 0.15) is 27.2 Å². The highest BCUT2D eigenvalue weighted by molar-refractivity contribution is 5.48. The van der Waals surface area contributed by atoms with Crippen molar-refractivity contribution in [2.75, 3.05) is 23.8 Å².